The lowest BCUT2D eigenvalue weighted by Crippen LogP contribution is -2.64. The molecule has 1 aliphatic rings. The Labute approximate surface area is 131 Å². The van der Waals surface area contributed by atoms with E-state index in [-0.39, 0.29) is 0 Å². The first-order chi connectivity index (χ1) is 10.7. The van der Waals surface area contributed by atoms with Crippen LogP contribution in [0.1, 0.15) is 0 Å². The van der Waals surface area contributed by atoms with E-state index < -0.39 is 74.3 Å². The van der Waals surface area contributed by atoms with Gasteiger partial charge in [0.05, 0.1) is 13.2 Å². The van der Waals surface area contributed by atoms with Gasteiger partial charge in [0.2, 0.25) is 0 Å². The van der Waals surface area contributed by atoms with E-state index in [2.05, 4.69) is 0 Å². The smallest absolute Gasteiger partial charge is 0.115 e. The van der Waals surface area contributed by atoms with Crippen molar-refractivity contribution in [1.82, 2.24) is 0 Å². The van der Waals surface area contributed by atoms with Gasteiger partial charge >= 0.3 is 0 Å². The fraction of sp³-hybridized carbons (Fsp3) is 1.00. The highest BCUT2D eigenvalue weighted by atomic mass is 16.6. The van der Waals surface area contributed by atoms with E-state index in [1.54, 1.807) is 0 Å². The Balaban J connectivity index is 2.83. The zero-order chi connectivity index (χ0) is 17.9. The summed E-state index contributed by atoms with van der Waals surface area (Å²) in [5.41, 5.74) is 0. The molecule has 0 bridgehead atoms. The zero-order valence-electron chi connectivity index (χ0n) is 12.1. The number of aliphatic hydroxyl groups excluding tert-OH is 10. The van der Waals surface area contributed by atoms with Crippen molar-refractivity contribution in [1.29, 1.82) is 0 Å². The van der Waals surface area contributed by atoms with Gasteiger partial charge in [-0.25, -0.2) is 0 Å². The maximum Gasteiger partial charge on any atom is 0.115 e. The summed E-state index contributed by atoms with van der Waals surface area (Å²) in [6.07, 6.45) is -18.4. The van der Waals surface area contributed by atoms with Crippen LogP contribution in [0.3, 0.4) is 0 Å². The highest BCUT2D eigenvalue weighted by Gasteiger charge is 2.49. The molecule has 0 aliphatic carbocycles. The van der Waals surface area contributed by atoms with Crippen molar-refractivity contribution in [2.75, 3.05) is 13.2 Å². The van der Waals surface area contributed by atoms with Crippen LogP contribution >= 0.6 is 0 Å². The van der Waals surface area contributed by atoms with E-state index in [9.17, 15) is 40.9 Å². The van der Waals surface area contributed by atoms with Crippen LogP contribution in [0.4, 0.5) is 0 Å². The highest BCUT2D eigenvalue weighted by Crippen LogP contribution is 2.25. The third-order valence-corrected chi connectivity index (χ3v) is 3.90. The predicted molar refractivity (Wildman–Crippen MR) is 70.9 cm³/mol. The average molecular weight is 344 g/mol. The van der Waals surface area contributed by atoms with Gasteiger partial charge in [-0.1, -0.05) is 0 Å². The lowest BCUT2D eigenvalue weighted by Gasteiger charge is -2.43. The van der Waals surface area contributed by atoms with E-state index in [4.69, 9.17) is 14.9 Å². The molecule has 1 aliphatic heterocycles. The van der Waals surface area contributed by atoms with Crippen LogP contribution in [0.15, 0.2) is 0 Å². The number of ether oxygens (including phenoxy) is 1. The first-order valence-electron chi connectivity index (χ1n) is 6.99. The normalized spacial score (nSPS) is 38.6. The van der Waals surface area contributed by atoms with Gasteiger partial charge in [0.15, 0.2) is 0 Å². The summed E-state index contributed by atoms with van der Waals surface area (Å²) >= 11 is 0. The first-order valence-corrected chi connectivity index (χ1v) is 6.99. The number of hydrogen-bond acceptors (Lipinski definition) is 11. The topological polar surface area (TPSA) is 212 Å². The summed E-state index contributed by atoms with van der Waals surface area (Å²) in [7, 11) is 0. The minimum absolute atomic E-state index is 0.751. The lowest BCUT2D eigenvalue weighted by atomic mass is 9.88. The van der Waals surface area contributed by atoms with Crippen molar-refractivity contribution in [2.24, 2.45) is 0 Å². The van der Waals surface area contributed by atoms with Crippen LogP contribution in [-0.4, -0.2) is 125 Å². The summed E-state index contributed by atoms with van der Waals surface area (Å²) in [5, 5.41) is 94.9. The van der Waals surface area contributed by atoms with Gasteiger partial charge in [-0.15, -0.1) is 0 Å². The van der Waals surface area contributed by atoms with Gasteiger partial charge in [0.25, 0.3) is 0 Å². The second kappa shape index (κ2) is 8.60. The van der Waals surface area contributed by atoms with E-state index in [1.165, 1.54) is 0 Å². The second-order valence-electron chi connectivity index (χ2n) is 5.51. The van der Waals surface area contributed by atoms with Crippen LogP contribution in [0, 0.1) is 0 Å². The van der Waals surface area contributed by atoms with Gasteiger partial charge in [-0.2, -0.15) is 0 Å². The maximum absolute atomic E-state index is 9.98. The quantitative estimate of drug-likeness (QED) is 0.210. The van der Waals surface area contributed by atoms with E-state index in [0.29, 0.717) is 0 Å². The van der Waals surface area contributed by atoms with E-state index in [0.717, 1.165) is 0 Å². The van der Waals surface area contributed by atoms with Gasteiger partial charge in [0.1, 0.15) is 61.0 Å². The molecule has 0 aromatic rings. The molecule has 138 valence electrons. The molecule has 0 radical (unpaired) electrons. The van der Waals surface area contributed by atoms with Crippen LogP contribution in [-0.2, 0) is 4.74 Å². The lowest BCUT2D eigenvalue weighted by molar-refractivity contribution is -0.264. The molecule has 1 rings (SSSR count). The number of aliphatic hydroxyl groups is 10. The SMILES string of the molecule is OC[C@@H](O)[C@@H](O)[C@H](O)[C@H](O)C(O)[C@@H]1O[C@H](CO)[C@@H](O)[C@H](O)[C@H]1O. The summed E-state index contributed by atoms with van der Waals surface area (Å²) in [4.78, 5) is 0. The van der Waals surface area contributed by atoms with Crippen molar-refractivity contribution < 1.29 is 55.8 Å². The molecule has 10 N–H and O–H groups in total. The Morgan fingerprint density at radius 3 is 1.78 bits per heavy atom. The highest BCUT2D eigenvalue weighted by molar-refractivity contribution is 4.98. The Morgan fingerprint density at radius 1 is 0.739 bits per heavy atom. The average Bonchev–Trinajstić information content (AvgIpc) is 2.56. The zero-order valence-corrected chi connectivity index (χ0v) is 12.1. The Bertz CT molecular complexity index is 354. The van der Waals surface area contributed by atoms with Crippen molar-refractivity contribution in [3.05, 3.63) is 0 Å². The Morgan fingerprint density at radius 2 is 1.30 bits per heavy atom. The predicted octanol–water partition coefficient (Wildman–Crippen LogP) is -6.37. The van der Waals surface area contributed by atoms with Gasteiger partial charge in [-0.05, 0) is 0 Å². The van der Waals surface area contributed by atoms with Gasteiger partial charge < -0.3 is 55.8 Å². The fourth-order valence-electron chi connectivity index (χ4n) is 2.35. The maximum atomic E-state index is 9.98. The minimum Gasteiger partial charge on any atom is -0.394 e. The number of rotatable bonds is 7. The van der Waals surface area contributed by atoms with Crippen LogP contribution in [0.25, 0.3) is 0 Å². The van der Waals surface area contributed by atoms with E-state index in [1.807, 2.05) is 0 Å². The van der Waals surface area contributed by atoms with E-state index >= 15 is 0 Å². The molecule has 0 saturated carbocycles. The van der Waals surface area contributed by atoms with Gasteiger partial charge in [0, 0.05) is 0 Å². The third-order valence-electron chi connectivity index (χ3n) is 3.90. The Hall–Kier alpha value is -0.440. The third kappa shape index (κ3) is 4.35. The molecule has 0 aromatic carbocycles. The molecule has 1 fully saturated rings. The molecule has 0 spiro atoms. The molecule has 0 aromatic heterocycles. The van der Waals surface area contributed by atoms with Crippen LogP contribution in [0.2, 0.25) is 0 Å². The molecule has 0 amide bonds. The molecule has 11 nitrogen and oxygen atoms in total. The van der Waals surface area contributed by atoms with Crippen molar-refractivity contribution in [3.8, 4) is 0 Å². The van der Waals surface area contributed by atoms with Crippen LogP contribution < -0.4 is 0 Å². The summed E-state index contributed by atoms with van der Waals surface area (Å²) in [6, 6.07) is 0. The summed E-state index contributed by atoms with van der Waals surface area (Å²) in [6.45, 7) is -1.67. The first kappa shape index (κ1) is 20.6. The fourth-order valence-corrected chi connectivity index (χ4v) is 2.35. The largest absolute Gasteiger partial charge is 0.394 e. The monoisotopic (exact) mass is 344 g/mol. The Kier molecular flexibility index (Phi) is 7.70. The van der Waals surface area contributed by atoms with Crippen molar-refractivity contribution >= 4 is 0 Å². The van der Waals surface area contributed by atoms with Gasteiger partial charge in [-0.3, -0.25) is 0 Å². The van der Waals surface area contributed by atoms with Crippen LogP contribution in [0.5, 0.6) is 0 Å². The number of hydrogen-bond donors (Lipinski definition) is 10. The van der Waals surface area contributed by atoms with Crippen molar-refractivity contribution in [2.45, 2.75) is 61.0 Å². The summed E-state index contributed by atoms with van der Waals surface area (Å²) in [5.74, 6) is 0. The molecule has 1 heterocycles. The molecule has 10 atom stereocenters. The molecular formula is C12H24O11. The standard InChI is InChI=1S/C12H24O11/c13-1-3(15)5(16)7(18)9(20)11(22)12-10(21)8(19)6(17)4(2-14)23-12/h3-22H,1-2H2/t3-,4-,5-,6-,7+,8+,9+,10-,11?,12-/m1/s1. The molecule has 1 unspecified atom stereocenters. The molecule has 11 heteroatoms. The molecule has 1 saturated heterocycles. The molecular weight excluding hydrogens is 320 g/mol. The minimum atomic E-state index is -2.13. The second-order valence-corrected chi connectivity index (χ2v) is 5.51. The van der Waals surface area contributed by atoms with Crippen molar-refractivity contribution in [3.63, 3.8) is 0 Å². The summed E-state index contributed by atoms with van der Waals surface area (Å²) < 4.78 is 5.01. The molecule has 23 heavy (non-hydrogen) atoms.